The second-order valence-corrected chi connectivity index (χ2v) is 5.38. The van der Waals surface area contributed by atoms with Crippen LogP contribution in [0.5, 0.6) is 0 Å². The van der Waals surface area contributed by atoms with Crippen LogP contribution in [0.25, 0.3) is 11.2 Å². The Balaban J connectivity index is 1.90. The van der Waals surface area contributed by atoms with Crippen LogP contribution in [0.1, 0.15) is 32.7 Å². The molecule has 0 saturated carbocycles. The molecule has 0 aliphatic carbocycles. The number of rotatable bonds is 2. The zero-order valence-corrected chi connectivity index (χ0v) is 11.1. The molecule has 0 aromatic carbocycles. The van der Waals surface area contributed by atoms with Gasteiger partial charge < -0.3 is 4.57 Å². The van der Waals surface area contributed by atoms with E-state index in [0.717, 1.165) is 17.7 Å². The van der Waals surface area contributed by atoms with Crippen LogP contribution in [-0.4, -0.2) is 38.6 Å². The SMILES string of the molecule is CC(C)N1CCCC(n2cnc3cccnc32)C1. The molecule has 3 rings (SSSR count). The molecule has 4 heteroatoms. The van der Waals surface area contributed by atoms with Crippen LogP contribution >= 0.6 is 0 Å². The van der Waals surface area contributed by atoms with E-state index >= 15 is 0 Å². The lowest BCUT2D eigenvalue weighted by Crippen LogP contribution is -2.40. The van der Waals surface area contributed by atoms with Crippen LogP contribution in [0.2, 0.25) is 0 Å². The van der Waals surface area contributed by atoms with Crippen LogP contribution in [0.15, 0.2) is 24.7 Å². The van der Waals surface area contributed by atoms with E-state index in [-0.39, 0.29) is 0 Å². The Labute approximate surface area is 108 Å². The average molecular weight is 244 g/mol. The van der Waals surface area contributed by atoms with E-state index in [9.17, 15) is 0 Å². The Morgan fingerprint density at radius 2 is 2.22 bits per heavy atom. The number of piperidine rings is 1. The van der Waals surface area contributed by atoms with Gasteiger partial charge >= 0.3 is 0 Å². The first-order chi connectivity index (χ1) is 8.75. The van der Waals surface area contributed by atoms with Gasteiger partial charge in [0.25, 0.3) is 0 Å². The lowest BCUT2D eigenvalue weighted by atomic mass is 10.0. The number of pyridine rings is 1. The first kappa shape index (κ1) is 11.7. The van der Waals surface area contributed by atoms with Crippen molar-refractivity contribution in [2.75, 3.05) is 13.1 Å². The minimum absolute atomic E-state index is 0.515. The zero-order chi connectivity index (χ0) is 12.5. The second kappa shape index (κ2) is 4.69. The molecule has 3 heterocycles. The van der Waals surface area contributed by atoms with E-state index in [1.54, 1.807) is 0 Å². The molecular formula is C14H20N4. The average Bonchev–Trinajstić information content (AvgIpc) is 2.82. The third-order valence-electron chi connectivity index (χ3n) is 3.88. The maximum Gasteiger partial charge on any atom is 0.160 e. The highest BCUT2D eigenvalue weighted by molar-refractivity contribution is 5.70. The Morgan fingerprint density at radius 3 is 3.06 bits per heavy atom. The topological polar surface area (TPSA) is 34.0 Å². The number of hydrogen-bond acceptors (Lipinski definition) is 3. The lowest BCUT2D eigenvalue weighted by Gasteiger charge is -2.35. The van der Waals surface area contributed by atoms with Crippen LogP contribution in [0.4, 0.5) is 0 Å². The summed E-state index contributed by atoms with van der Waals surface area (Å²) in [7, 11) is 0. The van der Waals surface area contributed by atoms with E-state index in [0.29, 0.717) is 12.1 Å². The Morgan fingerprint density at radius 1 is 1.33 bits per heavy atom. The molecule has 2 aromatic rings. The normalized spacial score (nSPS) is 21.8. The van der Waals surface area contributed by atoms with Crippen LogP contribution < -0.4 is 0 Å². The maximum absolute atomic E-state index is 4.47. The van der Waals surface area contributed by atoms with Crippen LogP contribution in [0.3, 0.4) is 0 Å². The summed E-state index contributed by atoms with van der Waals surface area (Å²) in [6, 6.07) is 5.11. The molecule has 96 valence electrons. The number of nitrogens with zero attached hydrogens (tertiary/aromatic N) is 4. The molecule has 1 aliphatic heterocycles. The van der Waals surface area contributed by atoms with Gasteiger partial charge in [0.1, 0.15) is 5.52 Å². The van der Waals surface area contributed by atoms with Gasteiger partial charge in [-0.2, -0.15) is 0 Å². The molecule has 0 spiro atoms. The molecule has 0 N–H and O–H groups in total. The van der Waals surface area contributed by atoms with Crippen molar-refractivity contribution in [1.29, 1.82) is 0 Å². The van der Waals surface area contributed by atoms with Gasteiger partial charge in [0.05, 0.1) is 6.33 Å². The van der Waals surface area contributed by atoms with E-state index in [1.807, 2.05) is 24.7 Å². The molecule has 1 saturated heterocycles. The second-order valence-electron chi connectivity index (χ2n) is 5.38. The van der Waals surface area contributed by atoms with Gasteiger partial charge in [-0.15, -0.1) is 0 Å². The van der Waals surface area contributed by atoms with Crippen molar-refractivity contribution in [3.63, 3.8) is 0 Å². The number of likely N-dealkylation sites (tertiary alicyclic amines) is 1. The summed E-state index contributed by atoms with van der Waals surface area (Å²) in [4.78, 5) is 11.5. The maximum atomic E-state index is 4.47. The first-order valence-electron chi connectivity index (χ1n) is 6.77. The monoisotopic (exact) mass is 244 g/mol. The minimum atomic E-state index is 0.515. The summed E-state index contributed by atoms with van der Waals surface area (Å²) in [6.07, 6.45) is 6.29. The van der Waals surface area contributed by atoms with Gasteiger partial charge in [0.2, 0.25) is 0 Å². The smallest absolute Gasteiger partial charge is 0.160 e. The third-order valence-corrected chi connectivity index (χ3v) is 3.88. The Hall–Kier alpha value is -1.42. The van der Waals surface area contributed by atoms with Gasteiger partial charge in [0.15, 0.2) is 5.65 Å². The van der Waals surface area contributed by atoms with E-state index < -0.39 is 0 Å². The highest BCUT2D eigenvalue weighted by Gasteiger charge is 2.24. The molecule has 1 fully saturated rings. The summed E-state index contributed by atoms with van der Waals surface area (Å²) >= 11 is 0. The fraction of sp³-hybridized carbons (Fsp3) is 0.571. The Bertz CT molecular complexity index is 531. The van der Waals surface area contributed by atoms with Crippen molar-refractivity contribution < 1.29 is 0 Å². The molecule has 2 aromatic heterocycles. The summed E-state index contributed by atoms with van der Waals surface area (Å²) in [5.74, 6) is 0. The highest BCUT2D eigenvalue weighted by Crippen LogP contribution is 2.25. The van der Waals surface area contributed by atoms with Crippen molar-refractivity contribution in [3.8, 4) is 0 Å². The predicted molar refractivity (Wildman–Crippen MR) is 72.5 cm³/mol. The van der Waals surface area contributed by atoms with Gasteiger partial charge in [-0.25, -0.2) is 9.97 Å². The summed E-state index contributed by atoms with van der Waals surface area (Å²) < 4.78 is 2.25. The minimum Gasteiger partial charge on any atom is -0.311 e. The lowest BCUT2D eigenvalue weighted by molar-refractivity contribution is 0.144. The van der Waals surface area contributed by atoms with Crippen molar-refractivity contribution in [2.24, 2.45) is 0 Å². The molecule has 0 bridgehead atoms. The summed E-state index contributed by atoms with van der Waals surface area (Å²) in [6.45, 7) is 6.87. The number of imidazole rings is 1. The molecule has 1 atom stereocenters. The van der Waals surface area contributed by atoms with Crippen molar-refractivity contribution in [1.82, 2.24) is 19.4 Å². The molecular weight excluding hydrogens is 224 g/mol. The van der Waals surface area contributed by atoms with Gasteiger partial charge in [-0.1, -0.05) is 0 Å². The fourth-order valence-electron chi connectivity index (χ4n) is 2.81. The Kier molecular flexibility index (Phi) is 3.04. The molecule has 1 unspecified atom stereocenters. The molecule has 18 heavy (non-hydrogen) atoms. The van der Waals surface area contributed by atoms with Gasteiger partial charge in [0, 0.05) is 24.8 Å². The molecule has 0 amide bonds. The van der Waals surface area contributed by atoms with E-state index in [2.05, 4.69) is 33.3 Å². The van der Waals surface area contributed by atoms with Crippen molar-refractivity contribution >= 4 is 11.2 Å². The van der Waals surface area contributed by atoms with Gasteiger partial charge in [-0.05, 0) is 45.4 Å². The third kappa shape index (κ3) is 2.01. The molecule has 1 aliphatic rings. The van der Waals surface area contributed by atoms with Crippen LogP contribution in [-0.2, 0) is 0 Å². The quantitative estimate of drug-likeness (QED) is 0.814. The molecule has 4 nitrogen and oxygen atoms in total. The van der Waals surface area contributed by atoms with E-state index in [4.69, 9.17) is 0 Å². The predicted octanol–water partition coefficient (Wildman–Crippen LogP) is 2.48. The number of hydrogen-bond donors (Lipinski definition) is 0. The summed E-state index contributed by atoms with van der Waals surface area (Å²) in [5, 5.41) is 0. The number of fused-ring (bicyclic) bond motifs is 1. The standard InChI is InChI=1S/C14H20N4/c1-11(2)17-8-4-5-12(9-17)18-10-16-13-6-3-7-15-14(13)18/h3,6-7,10-12H,4-5,8-9H2,1-2H3. The van der Waals surface area contributed by atoms with Crippen molar-refractivity contribution in [3.05, 3.63) is 24.7 Å². The van der Waals surface area contributed by atoms with E-state index in [1.165, 1.54) is 19.4 Å². The highest BCUT2D eigenvalue weighted by atomic mass is 15.2. The summed E-state index contributed by atoms with van der Waals surface area (Å²) in [5.41, 5.74) is 2.02. The van der Waals surface area contributed by atoms with Gasteiger partial charge in [-0.3, -0.25) is 4.90 Å². The molecule has 0 radical (unpaired) electrons. The van der Waals surface area contributed by atoms with Crippen LogP contribution in [0, 0.1) is 0 Å². The first-order valence-corrected chi connectivity index (χ1v) is 6.77. The zero-order valence-electron chi connectivity index (χ0n) is 11.1. The number of aromatic nitrogens is 3. The van der Waals surface area contributed by atoms with Crippen molar-refractivity contribution in [2.45, 2.75) is 38.8 Å². The largest absolute Gasteiger partial charge is 0.311 e. The fourth-order valence-corrected chi connectivity index (χ4v) is 2.81.